The summed E-state index contributed by atoms with van der Waals surface area (Å²) in [6.45, 7) is 1.79. The summed E-state index contributed by atoms with van der Waals surface area (Å²) in [4.78, 5) is 23.4. The lowest BCUT2D eigenvalue weighted by atomic mass is 10.3. The lowest BCUT2D eigenvalue weighted by Gasteiger charge is -2.08. The largest absolute Gasteiger partial charge is 0.495 e. The first-order chi connectivity index (χ1) is 10.6. The highest BCUT2D eigenvalue weighted by Crippen LogP contribution is 2.22. The Labute approximate surface area is 127 Å². The number of nitrogens with one attached hydrogen (secondary N) is 2. The van der Waals surface area contributed by atoms with E-state index in [-0.39, 0.29) is 0 Å². The molecule has 7 heteroatoms. The second-order valence-corrected chi connectivity index (χ2v) is 4.30. The molecule has 0 bridgehead atoms. The Bertz CT molecular complexity index is 706. The molecule has 22 heavy (non-hydrogen) atoms. The van der Waals surface area contributed by atoms with Gasteiger partial charge in [0.2, 0.25) is 0 Å². The van der Waals surface area contributed by atoms with E-state index in [0.717, 1.165) is 5.76 Å². The van der Waals surface area contributed by atoms with E-state index in [4.69, 9.17) is 9.15 Å². The van der Waals surface area contributed by atoms with Gasteiger partial charge in [-0.25, -0.2) is 5.43 Å². The van der Waals surface area contributed by atoms with Crippen LogP contribution in [-0.2, 0) is 9.59 Å². The van der Waals surface area contributed by atoms with Gasteiger partial charge in [0, 0.05) is 0 Å². The minimum absolute atomic E-state index is 0.399. The maximum atomic E-state index is 11.8. The van der Waals surface area contributed by atoms with Crippen molar-refractivity contribution in [2.75, 3.05) is 12.4 Å². The molecule has 114 valence electrons. The van der Waals surface area contributed by atoms with E-state index in [2.05, 4.69) is 15.8 Å². The molecule has 0 saturated carbocycles. The van der Waals surface area contributed by atoms with E-state index in [9.17, 15) is 9.59 Å². The van der Waals surface area contributed by atoms with E-state index in [1.54, 1.807) is 43.3 Å². The Balaban J connectivity index is 1.92. The van der Waals surface area contributed by atoms with Gasteiger partial charge in [-0.05, 0) is 31.2 Å². The van der Waals surface area contributed by atoms with Gasteiger partial charge in [0.25, 0.3) is 0 Å². The number of hydrogen-bond donors (Lipinski definition) is 2. The molecule has 0 atom stereocenters. The van der Waals surface area contributed by atoms with E-state index < -0.39 is 11.8 Å². The van der Waals surface area contributed by atoms with Crippen molar-refractivity contribution < 1.29 is 18.7 Å². The second-order valence-electron chi connectivity index (χ2n) is 4.30. The summed E-state index contributed by atoms with van der Waals surface area (Å²) in [5, 5.41) is 6.09. The fourth-order valence-electron chi connectivity index (χ4n) is 1.66. The van der Waals surface area contributed by atoms with E-state index in [1.165, 1.54) is 13.3 Å². The summed E-state index contributed by atoms with van der Waals surface area (Å²) in [5.41, 5.74) is 2.51. The molecular weight excluding hydrogens is 286 g/mol. The van der Waals surface area contributed by atoms with Crippen molar-refractivity contribution in [2.24, 2.45) is 5.10 Å². The van der Waals surface area contributed by atoms with Crippen LogP contribution in [0.25, 0.3) is 0 Å². The molecule has 0 aliphatic heterocycles. The smallest absolute Gasteiger partial charge is 0.329 e. The van der Waals surface area contributed by atoms with Crippen LogP contribution in [0.5, 0.6) is 5.75 Å². The van der Waals surface area contributed by atoms with Gasteiger partial charge in [0.1, 0.15) is 17.3 Å². The van der Waals surface area contributed by atoms with Gasteiger partial charge in [-0.3, -0.25) is 9.59 Å². The molecule has 2 N–H and O–H groups in total. The Morgan fingerprint density at radius 3 is 2.64 bits per heavy atom. The number of anilines is 1. The predicted octanol–water partition coefficient (Wildman–Crippen LogP) is 1.69. The van der Waals surface area contributed by atoms with Crippen molar-refractivity contribution >= 4 is 23.7 Å². The SMILES string of the molecule is COc1ccccc1NC(=O)C(=O)N/N=C/c1ccc(C)o1. The summed E-state index contributed by atoms with van der Waals surface area (Å²) in [7, 11) is 1.47. The molecule has 0 saturated heterocycles. The van der Waals surface area contributed by atoms with Crippen molar-refractivity contribution in [1.29, 1.82) is 0 Å². The molecule has 0 radical (unpaired) electrons. The number of hydrogen-bond acceptors (Lipinski definition) is 5. The molecule has 0 unspecified atom stereocenters. The van der Waals surface area contributed by atoms with Gasteiger partial charge in [0.15, 0.2) is 0 Å². The molecule has 0 spiro atoms. The molecule has 0 aliphatic carbocycles. The zero-order valence-corrected chi connectivity index (χ0v) is 12.1. The number of benzene rings is 1. The van der Waals surface area contributed by atoms with Crippen molar-refractivity contribution in [2.45, 2.75) is 6.92 Å². The third kappa shape index (κ3) is 3.95. The molecule has 1 heterocycles. The highest BCUT2D eigenvalue weighted by atomic mass is 16.5. The molecule has 2 aromatic rings. The Morgan fingerprint density at radius 2 is 1.95 bits per heavy atom. The fourth-order valence-corrected chi connectivity index (χ4v) is 1.66. The van der Waals surface area contributed by atoms with Gasteiger partial charge in [0.05, 0.1) is 19.0 Å². The average Bonchev–Trinajstić information content (AvgIpc) is 2.93. The van der Waals surface area contributed by atoms with Crippen LogP contribution in [0.4, 0.5) is 5.69 Å². The molecule has 1 aromatic heterocycles. The van der Waals surface area contributed by atoms with Gasteiger partial charge in [-0.15, -0.1) is 0 Å². The number of furan rings is 1. The molecule has 1 aromatic carbocycles. The zero-order valence-electron chi connectivity index (χ0n) is 12.1. The lowest BCUT2D eigenvalue weighted by Crippen LogP contribution is -2.32. The van der Waals surface area contributed by atoms with Crippen LogP contribution in [0.15, 0.2) is 45.9 Å². The third-order valence-electron chi connectivity index (χ3n) is 2.68. The first-order valence-corrected chi connectivity index (χ1v) is 6.44. The van der Waals surface area contributed by atoms with E-state index >= 15 is 0 Å². The van der Waals surface area contributed by atoms with Crippen molar-refractivity contribution in [3.05, 3.63) is 47.9 Å². The minimum Gasteiger partial charge on any atom is -0.495 e. The number of rotatable bonds is 4. The van der Waals surface area contributed by atoms with Crippen LogP contribution in [0, 0.1) is 6.92 Å². The number of nitrogens with zero attached hydrogens (tertiary/aromatic N) is 1. The number of amides is 2. The maximum absolute atomic E-state index is 11.8. The normalized spacial score (nSPS) is 10.5. The fraction of sp³-hybridized carbons (Fsp3) is 0.133. The third-order valence-corrected chi connectivity index (χ3v) is 2.68. The summed E-state index contributed by atoms with van der Waals surface area (Å²) >= 11 is 0. The standard InChI is InChI=1S/C15H15N3O4/c1-10-7-8-11(22-10)9-16-18-15(20)14(19)17-12-5-3-4-6-13(12)21-2/h3-9H,1-2H3,(H,17,19)(H,18,20)/b16-9+. The number of para-hydroxylation sites is 2. The van der Waals surface area contributed by atoms with Gasteiger partial charge < -0.3 is 14.5 Å². The van der Waals surface area contributed by atoms with Crippen LogP contribution >= 0.6 is 0 Å². The van der Waals surface area contributed by atoms with Gasteiger partial charge in [-0.2, -0.15) is 5.10 Å². The second kappa shape index (κ2) is 7.07. The van der Waals surface area contributed by atoms with Crippen LogP contribution in [0.2, 0.25) is 0 Å². The van der Waals surface area contributed by atoms with E-state index in [0.29, 0.717) is 17.2 Å². The summed E-state index contributed by atoms with van der Waals surface area (Å²) in [6.07, 6.45) is 1.31. The lowest BCUT2D eigenvalue weighted by molar-refractivity contribution is -0.136. The van der Waals surface area contributed by atoms with Crippen molar-refractivity contribution in [3.63, 3.8) is 0 Å². The Kier molecular flexibility index (Phi) is 4.92. The van der Waals surface area contributed by atoms with E-state index in [1.807, 2.05) is 0 Å². The Morgan fingerprint density at radius 1 is 1.18 bits per heavy atom. The molecular formula is C15H15N3O4. The maximum Gasteiger partial charge on any atom is 0.329 e. The number of aryl methyl sites for hydroxylation is 1. The average molecular weight is 301 g/mol. The van der Waals surface area contributed by atoms with Crippen molar-refractivity contribution in [1.82, 2.24) is 5.43 Å². The number of ether oxygens (including phenoxy) is 1. The molecule has 0 aliphatic rings. The topological polar surface area (TPSA) is 92.9 Å². The zero-order chi connectivity index (χ0) is 15.9. The van der Waals surface area contributed by atoms with Gasteiger partial charge >= 0.3 is 11.8 Å². The summed E-state index contributed by atoms with van der Waals surface area (Å²) in [6, 6.07) is 10.2. The first-order valence-electron chi connectivity index (χ1n) is 6.44. The molecule has 2 rings (SSSR count). The highest BCUT2D eigenvalue weighted by Gasteiger charge is 2.14. The summed E-state index contributed by atoms with van der Waals surface area (Å²) < 4.78 is 10.3. The molecule has 0 fully saturated rings. The van der Waals surface area contributed by atoms with Gasteiger partial charge in [-0.1, -0.05) is 12.1 Å². The van der Waals surface area contributed by atoms with Crippen LogP contribution < -0.4 is 15.5 Å². The number of carbonyl (C=O) groups excluding carboxylic acids is 2. The molecule has 7 nitrogen and oxygen atoms in total. The van der Waals surface area contributed by atoms with Crippen molar-refractivity contribution in [3.8, 4) is 5.75 Å². The molecule has 2 amide bonds. The summed E-state index contributed by atoms with van der Waals surface area (Å²) in [5.74, 6) is -0.0921. The number of methoxy groups -OCH3 is 1. The highest BCUT2D eigenvalue weighted by molar-refractivity contribution is 6.39. The monoisotopic (exact) mass is 301 g/mol. The number of hydrazone groups is 1. The predicted molar refractivity (Wildman–Crippen MR) is 80.8 cm³/mol. The van der Waals surface area contributed by atoms with Crippen LogP contribution in [0.1, 0.15) is 11.5 Å². The number of carbonyl (C=O) groups is 2. The Hall–Kier alpha value is -3.09. The van der Waals surface area contributed by atoms with Crippen LogP contribution in [-0.4, -0.2) is 25.1 Å². The first kappa shape index (κ1) is 15.3. The quantitative estimate of drug-likeness (QED) is 0.510. The van der Waals surface area contributed by atoms with Crippen LogP contribution in [0.3, 0.4) is 0 Å². The minimum atomic E-state index is -0.898.